The maximum Gasteiger partial charge on any atom is 0.360 e. The van der Waals surface area contributed by atoms with E-state index in [0.29, 0.717) is 12.2 Å². The zero-order valence-electron chi connectivity index (χ0n) is 13.0. The van der Waals surface area contributed by atoms with Crippen molar-refractivity contribution in [1.29, 1.82) is 0 Å². The third kappa shape index (κ3) is 3.36. The number of hydrogen-bond donors (Lipinski definition) is 1. The fraction of sp³-hybridized carbons (Fsp3) is 0.714. The van der Waals surface area contributed by atoms with E-state index >= 15 is 0 Å². The van der Waals surface area contributed by atoms with Crippen LogP contribution in [0.15, 0.2) is 0 Å². The highest BCUT2D eigenvalue weighted by Crippen LogP contribution is 2.22. The van der Waals surface area contributed by atoms with E-state index in [9.17, 15) is 4.79 Å². The first-order valence-corrected chi connectivity index (χ1v) is 7.33. The standard InChI is InChI=1S/C14H24N4O3/c1-4-11-16-12(14(19)20-3)13(15)18(11)10(2)9-17-5-7-21-8-6-17/h10H,4-9,15H2,1-3H3. The molecule has 1 aromatic heterocycles. The third-order valence-electron chi connectivity index (χ3n) is 3.78. The lowest BCUT2D eigenvalue weighted by Gasteiger charge is -2.30. The summed E-state index contributed by atoms with van der Waals surface area (Å²) in [4.78, 5) is 18.4. The lowest BCUT2D eigenvalue weighted by Crippen LogP contribution is -2.39. The number of anilines is 1. The number of rotatable bonds is 5. The van der Waals surface area contributed by atoms with Gasteiger partial charge in [-0.05, 0) is 6.92 Å². The number of morpholine rings is 1. The van der Waals surface area contributed by atoms with E-state index in [1.807, 2.05) is 11.5 Å². The Kier molecular flexibility index (Phi) is 5.19. The monoisotopic (exact) mass is 296 g/mol. The van der Waals surface area contributed by atoms with E-state index in [4.69, 9.17) is 15.2 Å². The number of hydrogen-bond acceptors (Lipinski definition) is 6. The molecule has 0 aromatic carbocycles. The van der Waals surface area contributed by atoms with Crippen LogP contribution in [0.5, 0.6) is 0 Å². The predicted molar refractivity (Wildman–Crippen MR) is 79.3 cm³/mol. The van der Waals surface area contributed by atoms with Crippen molar-refractivity contribution in [1.82, 2.24) is 14.5 Å². The van der Waals surface area contributed by atoms with Crippen molar-refractivity contribution in [2.24, 2.45) is 0 Å². The predicted octanol–water partition coefficient (Wildman–Crippen LogP) is 0.708. The highest BCUT2D eigenvalue weighted by atomic mass is 16.5. The normalized spacial score (nSPS) is 17.7. The molecule has 21 heavy (non-hydrogen) atoms. The topological polar surface area (TPSA) is 82.6 Å². The number of methoxy groups -OCH3 is 1. The molecular weight excluding hydrogens is 272 g/mol. The summed E-state index contributed by atoms with van der Waals surface area (Å²) in [5.74, 6) is 0.715. The second-order valence-corrected chi connectivity index (χ2v) is 5.24. The number of aryl methyl sites for hydroxylation is 1. The Balaban J connectivity index is 2.20. The minimum absolute atomic E-state index is 0.143. The molecular formula is C14H24N4O3. The fourth-order valence-corrected chi connectivity index (χ4v) is 2.72. The van der Waals surface area contributed by atoms with Crippen LogP contribution in [-0.4, -0.2) is 60.4 Å². The number of carbonyl (C=O) groups is 1. The van der Waals surface area contributed by atoms with Gasteiger partial charge in [0, 0.05) is 32.1 Å². The maximum atomic E-state index is 11.7. The molecule has 0 saturated carbocycles. The number of carbonyl (C=O) groups excluding carboxylic acids is 1. The summed E-state index contributed by atoms with van der Waals surface area (Å²) < 4.78 is 12.0. The van der Waals surface area contributed by atoms with Crippen LogP contribution in [0.25, 0.3) is 0 Å². The van der Waals surface area contributed by atoms with Crippen LogP contribution in [0.4, 0.5) is 5.82 Å². The number of aromatic nitrogens is 2. The molecule has 118 valence electrons. The molecule has 7 heteroatoms. The Bertz CT molecular complexity index is 495. The number of nitrogens with two attached hydrogens (primary N) is 1. The third-order valence-corrected chi connectivity index (χ3v) is 3.78. The molecule has 1 aromatic rings. The van der Waals surface area contributed by atoms with E-state index < -0.39 is 5.97 Å². The molecule has 1 saturated heterocycles. The molecule has 0 bridgehead atoms. The van der Waals surface area contributed by atoms with Gasteiger partial charge >= 0.3 is 5.97 Å². The minimum Gasteiger partial charge on any atom is -0.464 e. The van der Waals surface area contributed by atoms with Gasteiger partial charge in [0.25, 0.3) is 0 Å². The average molecular weight is 296 g/mol. The van der Waals surface area contributed by atoms with Gasteiger partial charge in [0.05, 0.1) is 20.3 Å². The summed E-state index contributed by atoms with van der Waals surface area (Å²) in [6.07, 6.45) is 0.717. The maximum absolute atomic E-state index is 11.7. The number of imidazole rings is 1. The number of esters is 1. The van der Waals surface area contributed by atoms with Crippen molar-refractivity contribution in [2.45, 2.75) is 26.3 Å². The highest BCUT2D eigenvalue weighted by Gasteiger charge is 2.24. The number of ether oxygens (including phenoxy) is 2. The van der Waals surface area contributed by atoms with Crippen LogP contribution in [0.1, 0.15) is 36.2 Å². The highest BCUT2D eigenvalue weighted by molar-refractivity contribution is 5.92. The molecule has 1 aliphatic rings. The van der Waals surface area contributed by atoms with Crippen molar-refractivity contribution >= 4 is 11.8 Å². The fourth-order valence-electron chi connectivity index (χ4n) is 2.72. The Morgan fingerprint density at radius 3 is 2.71 bits per heavy atom. The van der Waals surface area contributed by atoms with Gasteiger partial charge < -0.3 is 19.8 Å². The van der Waals surface area contributed by atoms with Gasteiger partial charge in [-0.2, -0.15) is 0 Å². The summed E-state index contributed by atoms with van der Waals surface area (Å²) in [6.45, 7) is 8.32. The Labute approximate surface area is 125 Å². The SMILES string of the molecule is CCc1nc(C(=O)OC)c(N)n1C(C)CN1CCOCC1. The molecule has 2 N–H and O–H groups in total. The first-order valence-electron chi connectivity index (χ1n) is 7.33. The lowest BCUT2D eigenvalue weighted by molar-refractivity contribution is 0.0325. The number of nitrogen functional groups attached to an aromatic ring is 1. The molecule has 1 unspecified atom stereocenters. The van der Waals surface area contributed by atoms with E-state index in [2.05, 4.69) is 16.8 Å². The summed E-state index contributed by atoms with van der Waals surface area (Å²) in [5.41, 5.74) is 6.33. The molecule has 1 atom stereocenters. The molecule has 0 radical (unpaired) electrons. The van der Waals surface area contributed by atoms with Crippen molar-refractivity contribution in [3.05, 3.63) is 11.5 Å². The summed E-state index contributed by atoms with van der Waals surface area (Å²) in [5, 5.41) is 0. The first-order chi connectivity index (χ1) is 10.1. The van der Waals surface area contributed by atoms with Gasteiger partial charge in [-0.25, -0.2) is 9.78 Å². The molecule has 0 amide bonds. The molecule has 0 spiro atoms. The molecule has 0 aliphatic carbocycles. The summed E-state index contributed by atoms with van der Waals surface area (Å²) >= 11 is 0. The average Bonchev–Trinajstić information content (AvgIpc) is 2.84. The van der Waals surface area contributed by atoms with Crippen molar-refractivity contribution in [3.63, 3.8) is 0 Å². The lowest BCUT2D eigenvalue weighted by atomic mass is 10.2. The Hall–Kier alpha value is -1.60. The second-order valence-electron chi connectivity index (χ2n) is 5.24. The summed E-state index contributed by atoms with van der Waals surface area (Å²) in [6, 6.07) is 0.143. The van der Waals surface area contributed by atoms with Crippen molar-refractivity contribution in [2.75, 3.05) is 45.7 Å². The Morgan fingerprint density at radius 1 is 1.48 bits per heavy atom. The van der Waals surface area contributed by atoms with Gasteiger partial charge in [0.1, 0.15) is 11.6 Å². The van der Waals surface area contributed by atoms with Crippen LogP contribution >= 0.6 is 0 Å². The van der Waals surface area contributed by atoms with Crippen molar-refractivity contribution < 1.29 is 14.3 Å². The van der Waals surface area contributed by atoms with Gasteiger partial charge in [0.2, 0.25) is 0 Å². The summed E-state index contributed by atoms with van der Waals surface area (Å²) in [7, 11) is 1.34. The van der Waals surface area contributed by atoms with Gasteiger partial charge in [0.15, 0.2) is 5.69 Å². The second kappa shape index (κ2) is 6.91. The van der Waals surface area contributed by atoms with Crippen molar-refractivity contribution in [3.8, 4) is 0 Å². The molecule has 1 fully saturated rings. The van der Waals surface area contributed by atoms with Gasteiger partial charge in [-0.15, -0.1) is 0 Å². The minimum atomic E-state index is -0.487. The smallest absolute Gasteiger partial charge is 0.360 e. The quantitative estimate of drug-likeness (QED) is 0.806. The van der Waals surface area contributed by atoms with Crippen LogP contribution in [0.2, 0.25) is 0 Å². The van der Waals surface area contributed by atoms with Crippen LogP contribution in [0, 0.1) is 0 Å². The largest absolute Gasteiger partial charge is 0.464 e. The van der Waals surface area contributed by atoms with Gasteiger partial charge in [-0.3, -0.25) is 4.90 Å². The zero-order valence-corrected chi connectivity index (χ0v) is 13.0. The molecule has 2 heterocycles. The molecule has 1 aliphatic heterocycles. The molecule has 2 rings (SSSR count). The first kappa shape index (κ1) is 15.8. The van der Waals surface area contributed by atoms with Crippen LogP contribution in [-0.2, 0) is 15.9 Å². The Morgan fingerprint density at radius 2 is 2.14 bits per heavy atom. The molecule has 7 nitrogen and oxygen atoms in total. The van der Waals surface area contributed by atoms with Crippen LogP contribution in [0.3, 0.4) is 0 Å². The number of nitrogens with zero attached hydrogens (tertiary/aromatic N) is 3. The van der Waals surface area contributed by atoms with Gasteiger partial charge in [-0.1, -0.05) is 6.92 Å². The van der Waals surface area contributed by atoms with E-state index in [1.165, 1.54) is 7.11 Å². The van der Waals surface area contributed by atoms with E-state index in [-0.39, 0.29) is 11.7 Å². The van der Waals surface area contributed by atoms with E-state index in [1.54, 1.807) is 0 Å². The zero-order chi connectivity index (χ0) is 15.4. The van der Waals surface area contributed by atoms with E-state index in [0.717, 1.165) is 38.7 Å². The van der Waals surface area contributed by atoms with Crippen LogP contribution < -0.4 is 5.73 Å².